The number of hydrogen-bond acceptors (Lipinski definition) is 4. The summed E-state index contributed by atoms with van der Waals surface area (Å²) < 4.78 is 6.04. The smallest absolute Gasteiger partial charge is 0.195 e. The van der Waals surface area contributed by atoms with Gasteiger partial charge in [0.2, 0.25) is 0 Å². The molecule has 5 heteroatoms. The Morgan fingerprint density at radius 1 is 1.29 bits per heavy atom. The number of nitrogens with zero attached hydrogens (tertiary/aromatic N) is 1. The van der Waals surface area contributed by atoms with Crippen LogP contribution in [-0.4, -0.2) is 23.6 Å². The molecule has 114 valence electrons. The molecule has 2 heterocycles. The highest BCUT2D eigenvalue weighted by Crippen LogP contribution is 2.34. The molecule has 0 radical (unpaired) electrons. The second-order valence-electron chi connectivity index (χ2n) is 5.65. The van der Waals surface area contributed by atoms with Gasteiger partial charge in [-0.15, -0.1) is 12.4 Å². The fraction of sp³-hybridized carbons (Fsp3) is 0.438. The molecule has 1 aliphatic heterocycles. The normalized spacial score (nSPS) is 18.9. The summed E-state index contributed by atoms with van der Waals surface area (Å²) in [6.45, 7) is 4.62. The summed E-state index contributed by atoms with van der Waals surface area (Å²) in [5.41, 5.74) is 1.82. The lowest BCUT2D eigenvalue weighted by molar-refractivity contribution is 0.276. The second-order valence-corrected chi connectivity index (χ2v) is 5.65. The fourth-order valence-corrected chi connectivity index (χ4v) is 3.05. The Hall–Kier alpha value is -1.52. The van der Waals surface area contributed by atoms with E-state index < -0.39 is 0 Å². The first kappa shape index (κ1) is 15.9. The molecule has 1 fully saturated rings. The molecule has 1 aromatic carbocycles. The molecule has 21 heavy (non-hydrogen) atoms. The van der Waals surface area contributed by atoms with Gasteiger partial charge in [0, 0.05) is 11.1 Å². The highest BCUT2D eigenvalue weighted by molar-refractivity contribution is 5.85. The number of aromatic hydroxyl groups is 1. The van der Waals surface area contributed by atoms with Crippen molar-refractivity contribution in [3.05, 3.63) is 39.2 Å². The Kier molecular flexibility index (Phi) is 4.30. The van der Waals surface area contributed by atoms with Crippen molar-refractivity contribution in [3.63, 3.8) is 0 Å². The van der Waals surface area contributed by atoms with Gasteiger partial charge in [-0.3, -0.25) is 9.69 Å². The van der Waals surface area contributed by atoms with E-state index in [1.807, 2.05) is 6.92 Å². The molecule has 0 unspecified atom stereocenters. The first-order valence-electron chi connectivity index (χ1n) is 6.97. The average Bonchev–Trinajstić information content (AvgIpc) is 2.84. The predicted molar refractivity (Wildman–Crippen MR) is 85.5 cm³/mol. The SMILES string of the molecule is Cc1c([C@@H]2CCCN2C)oc2c(C)c(O)ccc2c1=O.Cl. The summed E-state index contributed by atoms with van der Waals surface area (Å²) in [6.07, 6.45) is 2.12. The van der Waals surface area contributed by atoms with Crippen LogP contribution in [0.5, 0.6) is 5.75 Å². The minimum atomic E-state index is 0. The van der Waals surface area contributed by atoms with Gasteiger partial charge in [0.1, 0.15) is 17.1 Å². The van der Waals surface area contributed by atoms with Crippen molar-refractivity contribution >= 4 is 23.4 Å². The Labute approximate surface area is 129 Å². The van der Waals surface area contributed by atoms with Gasteiger partial charge in [-0.05, 0) is 52.4 Å². The number of likely N-dealkylation sites (tertiary alicyclic amines) is 1. The van der Waals surface area contributed by atoms with Crippen LogP contribution in [0.1, 0.15) is 35.8 Å². The van der Waals surface area contributed by atoms with Gasteiger partial charge in [0.05, 0.1) is 11.4 Å². The van der Waals surface area contributed by atoms with E-state index in [9.17, 15) is 9.90 Å². The summed E-state index contributed by atoms with van der Waals surface area (Å²) in [5, 5.41) is 10.4. The summed E-state index contributed by atoms with van der Waals surface area (Å²) in [6, 6.07) is 3.35. The number of fused-ring (bicyclic) bond motifs is 1. The van der Waals surface area contributed by atoms with E-state index in [2.05, 4.69) is 11.9 Å². The van der Waals surface area contributed by atoms with E-state index in [4.69, 9.17) is 4.42 Å². The van der Waals surface area contributed by atoms with Crippen LogP contribution >= 0.6 is 12.4 Å². The molecular weight excluding hydrogens is 290 g/mol. The number of hydrogen-bond donors (Lipinski definition) is 1. The van der Waals surface area contributed by atoms with Crippen molar-refractivity contribution < 1.29 is 9.52 Å². The largest absolute Gasteiger partial charge is 0.508 e. The van der Waals surface area contributed by atoms with E-state index in [1.54, 1.807) is 19.1 Å². The van der Waals surface area contributed by atoms with Crippen molar-refractivity contribution in [1.82, 2.24) is 4.90 Å². The standard InChI is InChI=1S/C16H19NO3.ClH/c1-9-13(18)7-6-11-14(19)10(2)16(20-15(9)11)12-5-4-8-17(12)3;/h6-7,12,18H,4-5,8H2,1-3H3;1H/t12-;/m0./s1. The van der Waals surface area contributed by atoms with Crippen LogP contribution in [0.4, 0.5) is 0 Å². The lowest BCUT2D eigenvalue weighted by Crippen LogP contribution is -2.21. The molecule has 0 saturated carbocycles. The van der Waals surface area contributed by atoms with Crippen LogP contribution in [0.2, 0.25) is 0 Å². The molecule has 1 N–H and O–H groups in total. The molecule has 1 aliphatic rings. The maximum Gasteiger partial charge on any atom is 0.195 e. The number of rotatable bonds is 1. The lowest BCUT2D eigenvalue weighted by Gasteiger charge is -2.20. The van der Waals surface area contributed by atoms with Crippen molar-refractivity contribution in [1.29, 1.82) is 0 Å². The number of aryl methyl sites for hydroxylation is 1. The maximum atomic E-state index is 12.5. The van der Waals surface area contributed by atoms with Crippen LogP contribution in [-0.2, 0) is 0 Å². The molecule has 0 amide bonds. The highest BCUT2D eigenvalue weighted by atomic mass is 35.5. The zero-order chi connectivity index (χ0) is 14.4. The van der Waals surface area contributed by atoms with Crippen LogP contribution in [0.3, 0.4) is 0 Å². The molecule has 3 rings (SSSR count). The predicted octanol–water partition coefficient (Wildman–Crippen LogP) is 3.30. The minimum absolute atomic E-state index is 0. The van der Waals surface area contributed by atoms with Crippen LogP contribution < -0.4 is 5.43 Å². The van der Waals surface area contributed by atoms with Gasteiger partial charge in [-0.25, -0.2) is 0 Å². The summed E-state index contributed by atoms with van der Waals surface area (Å²) >= 11 is 0. The number of benzene rings is 1. The second kappa shape index (κ2) is 5.70. The maximum absolute atomic E-state index is 12.5. The molecule has 2 aromatic rings. The third kappa shape index (κ3) is 2.43. The summed E-state index contributed by atoms with van der Waals surface area (Å²) in [4.78, 5) is 14.7. The van der Waals surface area contributed by atoms with Crippen LogP contribution in [0, 0.1) is 13.8 Å². The van der Waals surface area contributed by atoms with Crippen LogP contribution in [0.25, 0.3) is 11.0 Å². The van der Waals surface area contributed by atoms with E-state index in [0.29, 0.717) is 22.1 Å². The molecule has 0 spiro atoms. The molecule has 0 bridgehead atoms. The van der Waals surface area contributed by atoms with Crippen molar-refractivity contribution in [2.45, 2.75) is 32.7 Å². The van der Waals surface area contributed by atoms with Gasteiger partial charge in [-0.1, -0.05) is 0 Å². The molecule has 1 atom stereocenters. The van der Waals surface area contributed by atoms with Gasteiger partial charge in [0.25, 0.3) is 0 Å². The first-order valence-corrected chi connectivity index (χ1v) is 6.97. The highest BCUT2D eigenvalue weighted by Gasteiger charge is 2.28. The van der Waals surface area contributed by atoms with Crippen molar-refractivity contribution in [2.24, 2.45) is 0 Å². The monoisotopic (exact) mass is 309 g/mol. The Balaban J connectivity index is 0.00000161. The van der Waals surface area contributed by atoms with Gasteiger partial charge >= 0.3 is 0 Å². The summed E-state index contributed by atoms with van der Waals surface area (Å²) in [7, 11) is 2.05. The zero-order valence-corrected chi connectivity index (χ0v) is 13.3. The summed E-state index contributed by atoms with van der Waals surface area (Å²) in [5.74, 6) is 0.909. The molecule has 1 aromatic heterocycles. The van der Waals surface area contributed by atoms with Gasteiger partial charge < -0.3 is 9.52 Å². The van der Waals surface area contributed by atoms with E-state index in [-0.39, 0.29) is 29.6 Å². The van der Waals surface area contributed by atoms with Gasteiger partial charge in [-0.2, -0.15) is 0 Å². The third-order valence-electron chi connectivity index (χ3n) is 4.37. The number of phenolic OH excluding ortho intramolecular Hbond substituents is 1. The van der Waals surface area contributed by atoms with E-state index >= 15 is 0 Å². The molecule has 0 aliphatic carbocycles. The molecule has 4 nitrogen and oxygen atoms in total. The Morgan fingerprint density at radius 2 is 2.00 bits per heavy atom. The van der Waals surface area contributed by atoms with E-state index in [0.717, 1.165) is 25.1 Å². The van der Waals surface area contributed by atoms with E-state index in [1.165, 1.54) is 0 Å². The van der Waals surface area contributed by atoms with Crippen molar-refractivity contribution in [2.75, 3.05) is 13.6 Å². The van der Waals surface area contributed by atoms with Crippen molar-refractivity contribution in [3.8, 4) is 5.75 Å². The number of halogens is 1. The quantitative estimate of drug-likeness (QED) is 0.878. The molecule has 1 saturated heterocycles. The Bertz CT molecular complexity index is 738. The molecular formula is C16H20ClNO3. The number of phenols is 1. The minimum Gasteiger partial charge on any atom is -0.508 e. The average molecular weight is 310 g/mol. The topological polar surface area (TPSA) is 53.7 Å². The fourth-order valence-electron chi connectivity index (χ4n) is 3.05. The lowest BCUT2D eigenvalue weighted by atomic mass is 10.0. The third-order valence-corrected chi connectivity index (χ3v) is 4.37. The van der Waals surface area contributed by atoms with Crippen LogP contribution in [0.15, 0.2) is 21.3 Å². The first-order chi connectivity index (χ1) is 9.50. The van der Waals surface area contributed by atoms with Gasteiger partial charge in [0.15, 0.2) is 5.43 Å². The Morgan fingerprint density at radius 3 is 2.62 bits per heavy atom. The zero-order valence-electron chi connectivity index (χ0n) is 12.5.